The van der Waals surface area contributed by atoms with Crippen LogP contribution in [0.4, 0.5) is 0 Å². The Morgan fingerprint density at radius 2 is 1.61 bits per heavy atom. The first kappa shape index (κ1) is 23.1. The number of hydrogen-bond acceptors (Lipinski definition) is 7. The first-order valence-corrected chi connectivity index (χ1v) is 12.7. The van der Waals surface area contributed by atoms with E-state index in [2.05, 4.69) is 15.0 Å². The van der Waals surface area contributed by atoms with E-state index in [9.17, 15) is 13.2 Å². The van der Waals surface area contributed by atoms with E-state index in [0.29, 0.717) is 34.1 Å². The average molecular weight is 501 g/mol. The highest BCUT2D eigenvalue weighted by Crippen LogP contribution is 2.39. The quantitative estimate of drug-likeness (QED) is 0.330. The molecule has 0 atom stereocenters. The van der Waals surface area contributed by atoms with Crippen molar-refractivity contribution in [3.63, 3.8) is 0 Å². The molecular weight excluding hydrogens is 480 g/mol. The number of sulfone groups is 1. The van der Waals surface area contributed by atoms with Crippen LogP contribution in [-0.4, -0.2) is 35.5 Å². The number of nitrogens with two attached hydrogens (primary N) is 1. The summed E-state index contributed by atoms with van der Waals surface area (Å²) in [5.74, 6) is 1.15. The monoisotopic (exact) mass is 500 g/mol. The van der Waals surface area contributed by atoms with Gasteiger partial charge >= 0.3 is 0 Å². The van der Waals surface area contributed by atoms with Crippen molar-refractivity contribution in [2.75, 3.05) is 6.26 Å². The van der Waals surface area contributed by atoms with Crippen molar-refractivity contribution in [2.45, 2.75) is 4.90 Å². The fourth-order valence-corrected chi connectivity index (χ4v) is 4.19. The molecule has 0 saturated heterocycles. The number of nitrogens with zero attached hydrogens (tertiary/aromatic N) is 2. The third kappa shape index (κ3) is 4.75. The van der Waals surface area contributed by atoms with Crippen LogP contribution >= 0.6 is 0 Å². The normalized spacial score (nSPS) is 11.4. The number of fused-ring (bicyclic) bond motifs is 1. The molecule has 0 aliphatic rings. The molecule has 2 heterocycles. The minimum Gasteiger partial charge on any atom is -0.453 e. The predicted octanol–water partition coefficient (Wildman–Crippen LogP) is 4.71. The topological polar surface area (TPSA) is 137 Å². The summed E-state index contributed by atoms with van der Waals surface area (Å²) < 4.78 is 35.8. The number of carbonyl (C=O) groups is 1. The third-order valence-electron chi connectivity index (χ3n) is 5.31. The molecule has 2 aromatic heterocycles. The molecule has 3 aromatic carbocycles. The van der Waals surface area contributed by atoms with Crippen molar-refractivity contribution in [2.24, 2.45) is 5.73 Å². The van der Waals surface area contributed by atoms with Gasteiger partial charge in [-0.3, -0.25) is 9.78 Å². The number of rotatable bonds is 7. The van der Waals surface area contributed by atoms with Crippen molar-refractivity contribution < 1.29 is 22.7 Å². The van der Waals surface area contributed by atoms with Gasteiger partial charge in [0.2, 0.25) is 0 Å². The van der Waals surface area contributed by atoms with Crippen LogP contribution in [0.1, 0.15) is 10.4 Å². The Hall–Kier alpha value is -4.70. The summed E-state index contributed by atoms with van der Waals surface area (Å²) in [5, 5.41) is 0. The molecule has 0 fully saturated rings. The Labute approximate surface area is 206 Å². The van der Waals surface area contributed by atoms with Gasteiger partial charge in [0.15, 0.2) is 27.2 Å². The SMILES string of the molecule is CS(=O)(=O)c1ccc(Oc2cc3[nH]c(-c4ccccn4)nc3cc2Oc2ccccc2C(N)=O)cc1. The summed E-state index contributed by atoms with van der Waals surface area (Å²) in [6, 6.07) is 21.5. The lowest BCUT2D eigenvalue weighted by Gasteiger charge is -2.14. The van der Waals surface area contributed by atoms with E-state index in [1.54, 1.807) is 54.7 Å². The number of aromatic nitrogens is 3. The van der Waals surface area contributed by atoms with Gasteiger partial charge in [-0.25, -0.2) is 13.4 Å². The highest BCUT2D eigenvalue weighted by Gasteiger charge is 2.17. The van der Waals surface area contributed by atoms with Crippen molar-refractivity contribution in [1.29, 1.82) is 0 Å². The number of benzene rings is 3. The van der Waals surface area contributed by atoms with Crippen LogP contribution in [0.5, 0.6) is 23.0 Å². The highest BCUT2D eigenvalue weighted by atomic mass is 32.2. The largest absolute Gasteiger partial charge is 0.453 e. The number of H-pyrrole nitrogens is 1. The molecule has 10 heteroatoms. The van der Waals surface area contributed by atoms with E-state index in [4.69, 9.17) is 15.2 Å². The van der Waals surface area contributed by atoms with E-state index in [1.165, 1.54) is 12.1 Å². The highest BCUT2D eigenvalue weighted by molar-refractivity contribution is 7.90. The minimum atomic E-state index is -3.35. The summed E-state index contributed by atoms with van der Waals surface area (Å²) in [6.45, 7) is 0. The van der Waals surface area contributed by atoms with Crippen LogP contribution < -0.4 is 15.2 Å². The maximum absolute atomic E-state index is 11.9. The average Bonchev–Trinajstić information content (AvgIpc) is 3.27. The number of nitrogens with one attached hydrogen (secondary N) is 1. The number of amides is 1. The molecule has 180 valence electrons. The summed E-state index contributed by atoms with van der Waals surface area (Å²) >= 11 is 0. The fourth-order valence-electron chi connectivity index (χ4n) is 3.56. The van der Waals surface area contributed by atoms with Gasteiger partial charge in [0.1, 0.15) is 17.2 Å². The van der Waals surface area contributed by atoms with E-state index in [0.717, 1.165) is 6.26 Å². The lowest BCUT2D eigenvalue weighted by atomic mass is 10.2. The zero-order valence-electron chi connectivity index (χ0n) is 19.0. The molecule has 5 aromatic rings. The van der Waals surface area contributed by atoms with E-state index in [-0.39, 0.29) is 22.0 Å². The molecule has 5 rings (SSSR count). The van der Waals surface area contributed by atoms with Crippen molar-refractivity contribution in [3.05, 3.63) is 90.6 Å². The zero-order chi connectivity index (χ0) is 25.3. The van der Waals surface area contributed by atoms with Gasteiger partial charge in [0.25, 0.3) is 5.91 Å². The number of hydrogen-bond donors (Lipinski definition) is 2. The molecule has 0 saturated carbocycles. The Balaban J connectivity index is 1.59. The van der Waals surface area contributed by atoms with Gasteiger partial charge in [-0.1, -0.05) is 18.2 Å². The number of imidazole rings is 1. The molecule has 9 nitrogen and oxygen atoms in total. The van der Waals surface area contributed by atoms with Gasteiger partial charge < -0.3 is 20.2 Å². The number of ether oxygens (including phenoxy) is 2. The maximum Gasteiger partial charge on any atom is 0.252 e. The number of para-hydroxylation sites is 1. The number of primary amides is 1. The molecule has 0 bridgehead atoms. The molecule has 0 aliphatic carbocycles. The van der Waals surface area contributed by atoms with Crippen LogP contribution in [0.2, 0.25) is 0 Å². The molecule has 0 unspecified atom stereocenters. The molecule has 3 N–H and O–H groups in total. The van der Waals surface area contributed by atoms with Crippen LogP contribution in [-0.2, 0) is 9.84 Å². The second-order valence-electron chi connectivity index (χ2n) is 7.92. The second-order valence-corrected chi connectivity index (χ2v) is 9.94. The summed E-state index contributed by atoms with van der Waals surface area (Å²) in [5.41, 5.74) is 7.63. The lowest BCUT2D eigenvalue weighted by molar-refractivity contribution is 0.0998. The van der Waals surface area contributed by atoms with E-state index in [1.807, 2.05) is 18.2 Å². The summed E-state index contributed by atoms with van der Waals surface area (Å²) in [4.78, 5) is 24.3. The first-order chi connectivity index (χ1) is 17.3. The van der Waals surface area contributed by atoms with Crippen molar-refractivity contribution in [1.82, 2.24) is 15.0 Å². The van der Waals surface area contributed by atoms with Gasteiger partial charge in [-0.05, 0) is 48.5 Å². The van der Waals surface area contributed by atoms with Crippen molar-refractivity contribution >= 4 is 26.8 Å². The third-order valence-corrected chi connectivity index (χ3v) is 6.44. The zero-order valence-corrected chi connectivity index (χ0v) is 19.8. The Bertz CT molecular complexity index is 1680. The van der Waals surface area contributed by atoms with Crippen LogP contribution in [0, 0.1) is 0 Å². The number of carbonyl (C=O) groups excluding carboxylic acids is 1. The minimum absolute atomic E-state index is 0.172. The van der Waals surface area contributed by atoms with Crippen molar-refractivity contribution in [3.8, 4) is 34.5 Å². The smallest absolute Gasteiger partial charge is 0.252 e. The maximum atomic E-state index is 11.9. The summed E-state index contributed by atoms with van der Waals surface area (Å²) in [6.07, 6.45) is 2.81. The van der Waals surface area contributed by atoms with Gasteiger partial charge in [0.05, 0.1) is 21.5 Å². The Morgan fingerprint density at radius 1 is 0.889 bits per heavy atom. The molecule has 0 radical (unpaired) electrons. The number of pyridine rings is 1. The van der Waals surface area contributed by atoms with Crippen LogP contribution in [0.25, 0.3) is 22.6 Å². The molecular formula is C26H20N4O5S. The molecule has 0 spiro atoms. The van der Waals surface area contributed by atoms with E-state index < -0.39 is 15.7 Å². The van der Waals surface area contributed by atoms with Gasteiger partial charge in [0, 0.05) is 24.6 Å². The van der Waals surface area contributed by atoms with Crippen LogP contribution in [0.15, 0.2) is 90.0 Å². The fraction of sp³-hybridized carbons (Fsp3) is 0.0385. The summed E-state index contributed by atoms with van der Waals surface area (Å²) in [7, 11) is -3.35. The molecule has 36 heavy (non-hydrogen) atoms. The second kappa shape index (κ2) is 9.16. The molecule has 0 aliphatic heterocycles. The van der Waals surface area contributed by atoms with Gasteiger partial charge in [-0.15, -0.1) is 0 Å². The standard InChI is InChI=1S/C26H20N4O5S/c1-36(32,33)17-11-9-16(10-12-17)34-23-14-20-21(30-26(29-20)19-7-4-5-13-28-19)15-24(23)35-22-8-3-2-6-18(22)25(27)31/h2-15H,1H3,(H2,27,31)(H,29,30). The number of aromatic amines is 1. The first-order valence-electron chi connectivity index (χ1n) is 10.8. The lowest BCUT2D eigenvalue weighted by Crippen LogP contribution is -2.12. The predicted molar refractivity (Wildman–Crippen MR) is 134 cm³/mol. The van der Waals surface area contributed by atoms with E-state index >= 15 is 0 Å². The van der Waals surface area contributed by atoms with Crippen LogP contribution in [0.3, 0.4) is 0 Å². The Morgan fingerprint density at radius 3 is 2.31 bits per heavy atom. The molecule has 1 amide bonds. The Kier molecular flexibility index (Phi) is 5.87. The van der Waals surface area contributed by atoms with Gasteiger partial charge in [-0.2, -0.15) is 0 Å².